The number of rotatable bonds is 1. The minimum absolute atomic E-state index is 0. The predicted molar refractivity (Wildman–Crippen MR) is 36.1 cm³/mol. The Balaban J connectivity index is 0.000001000. The van der Waals surface area contributed by atoms with E-state index in [1.807, 2.05) is 27.7 Å². The minimum Gasteiger partial charge on any atom is -0.550 e. The summed E-state index contributed by atoms with van der Waals surface area (Å²) in [5.41, 5.74) is -0.155. The van der Waals surface area contributed by atoms with Crippen molar-refractivity contribution >= 4 is 5.97 Å². The fraction of sp³-hybridized carbons (Fsp3) is 0.875. The Hall–Kier alpha value is -0.0105. The van der Waals surface area contributed by atoms with Crippen molar-refractivity contribution in [3.8, 4) is 0 Å². The van der Waals surface area contributed by atoms with Gasteiger partial charge in [-0.25, -0.2) is 0 Å². The van der Waals surface area contributed by atoms with Crippen LogP contribution in [0.3, 0.4) is 0 Å². The standard InChI is InChI=1S/C8H14O2.Cu/c1-7(2)5(6(9)10)8(7,3)4;/h5H,1-4H3,(H,9,10);/q;+1/p-1. The van der Waals surface area contributed by atoms with Crippen molar-refractivity contribution in [3.63, 3.8) is 0 Å². The number of carboxylic acids is 1. The SMILES string of the molecule is CC1(C)C(C(=O)[O-])C1(C)C.[Cu+]. The number of hydrogen-bond donors (Lipinski definition) is 0. The molecule has 1 saturated carbocycles. The van der Waals surface area contributed by atoms with Crippen LogP contribution in [0.25, 0.3) is 0 Å². The molecule has 1 rings (SSSR count). The summed E-state index contributed by atoms with van der Waals surface area (Å²) in [6, 6.07) is 0. The molecule has 0 amide bonds. The first-order chi connectivity index (χ1) is 4.32. The summed E-state index contributed by atoms with van der Waals surface area (Å²) in [6.45, 7) is 7.86. The normalized spacial score (nSPS) is 25.5. The molecule has 0 aromatic heterocycles. The molecule has 1 fully saturated rings. The molecule has 0 aromatic rings. The van der Waals surface area contributed by atoms with E-state index in [-0.39, 0.29) is 33.8 Å². The fourth-order valence-electron chi connectivity index (χ4n) is 1.79. The van der Waals surface area contributed by atoms with Crippen molar-refractivity contribution < 1.29 is 27.0 Å². The van der Waals surface area contributed by atoms with Gasteiger partial charge in [-0.3, -0.25) is 0 Å². The number of carbonyl (C=O) groups excluding carboxylic acids is 1. The van der Waals surface area contributed by atoms with Gasteiger partial charge in [-0.1, -0.05) is 27.7 Å². The molecule has 0 aromatic carbocycles. The van der Waals surface area contributed by atoms with E-state index in [1.54, 1.807) is 0 Å². The summed E-state index contributed by atoms with van der Waals surface area (Å²) in [4.78, 5) is 10.5. The molecule has 1 aliphatic carbocycles. The van der Waals surface area contributed by atoms with Crippen LogP contribution >= 0.6 is 0 Å². The molecule has 11 heavy (non-hydrogen) atoms. The zero-order chi connectivity index (χ0) is 8.15. The second kappa shape index (κ2) is 2.49. The zero-order valence-electron chi connectivity index (χ0n) is 7.20. The first-order valence-corrected chi connectivity index (χ1v) is 3.52. The molecule has 0 saturated heterocycles. The molecule has 0 atom stereocenters. The van der Waals surface area contributed by atoms with Gasteiger partial charge in [0, 0.05) is 11.9 Å². The van der Waals surface area contributed by atoms with E-state index in [1.165, 1.54) is 0 Å². The van der Waals surface area contributed by atoms with Gasteiger partial charge >= 0.3 is 17.1 Å². The Morgan fingerprint density at radius 1 is 1.18 bits per heavy atom. The van der Waals surface area contributed by atoms with Crippen molar-refractivity contribution in [2.45, 2.75) is 27.7 Å². The molecule has 0 spiro atoms. The molecular weight excluding hydrogens is 192 g/mol. The van der Waals surface area contributed by atoms with Gasteiger partial charge in [0.25, 0.3) is 0 Å². The summed E-state index contributed by atoms with van der Waals surface area (Å²) in [6.07, 6.45) is 0. The molecule has 0 N–H and O–H groups in total. The predicted octanol–water partition coefficient (Wildman–Crippen LogP) is 0.416. The van der Waals surface area contributed by atoms with E-state index < -0.39 is 5.97 Å². The largest absolute Gasteiger partial charge is 1.00 e. The van der Waals surface area contributed by atoms with Gasteiger partial charge in [0.05, 0.1) is 0 Å². The first kappa shape index (κ1) is 11.0. The van der Waals surface area contributed by atoms with Gasteiger partial charge in [0.15, 0.2) is 0 Å². The second-order valence-electron chi connectivity index (χ2n) is 4.20. The Labute approximate surface area is 77.8 Å². The monoisotopic (exact) mass is 204 g/mol. The number of carboxylic acid groups (broad SMARTS) is 1. The number of carbonyl (C=O) groups is 1. The summed E-state index contributed by atoms with van der Waals surface area (Å²) >= 11 is 0. The van der Waals surface area contributed by atoms with Crippen molar-refractivity contribution in [1.29, 1.82) is 0 Å². The molecule has 0 bridgehead atoms. The summed E-state index contributed by atoms with van der Waals surface area (Å²) in [5.74, 6) is -1.17. The van der Waals surface area contributed by atoms with E-state index in [4.69, 9.17) is 0 Å². The van der Waals surface area contributed by atoms with Crippen LogP contribution in [0.5, 0.6) is 0 Å². The van der Waals surface area contributed by atoms with Gasteiger partial charge in [0.1, 0.15) is 0 Å². The van der Waals surface area contributed by atoms with E-state index in [0.717, 1.165) is 0 Å². The van der Waals surface area contributed by atoms with Gasteiger partial charge in [-0.2, -0.15) is 0 Å². The van der Waals surface area contributed by atoms with E-state index in [2.05, 4.69) is 0 Å². The van der Waals surface area contributed by atoms with E-state index in [0.29, 0.717) is 0 Å². The average molecular weight is 205 g/mol. The Morgan fingerprint density at radius 2 is 1.45 bits per heavy atom. The summed E-state index contributed by atoms with van der Waals surface area (Å²) in [7, 11) is 0. The molecule has 0 heterocycles. The Morgan fingerprint density at radius 3 is 1.45 bits per heavy atom. The van der Waals surface area contributed by atoms with Crippen LogP contribution in [0.2, 0.25) is 0 Å². The first-order valence-electron chi connectivity index (χ1n) is 3.52. The van der Waals surface area contributed by atoms with Crippen molar-refractivity contribution in [2.24, 2.45) is 16.7 Å². The third-order valence-electron chi connectivity index (χ3n) is 3.26. The molecule has 1 aliphatic rings. The van der Waals surface area contributed by atoms with Gasteiger partial charge < -0.3 is 9.90 Å². The number of hydrogen-bond acceptors (Lipinski definition) is 2. The molecule has 0 aliphatic heterocycles. The van der Waals surface area contributed by atoms with Crippen LogP contribution in [0, 0.1) is 16.7 Å². The van der Waals surface area contributed by atoms with Gasteiger partial charge in [-0.05, 0) is 10.8 Å². The van der Waals surface area contributed by atoms with Crippen molar-refractivity contribution in [3.05, 3.63) is 0 Å². The Kier molecular flexibility index (Phi) is 2.49. The maximum absolute atomic E-state index is 10.5. The molecular formula is C8H13CuO2. The van der Waals surface area contributed by atoms with Gasteiger partial charge in [0.2, 0.25) is 0 Å². The maximum atomic E-state index is 10.5. The average Bonchev–Trinajstić information content (AvgIpc) is 1.97. The van der Waals surface area contributed by atoms with Crippen LogP contribution in [-0.2, 0) is 21.9 Å². The zero-order valence-corrected chi connectivity index (χ0v) is 8.14. The molecule has 3 heteroatoms. The topological polar surface area (TPSA) is 40.1 Å². The smallest absolute Gasteiger partial charge is 0.550 e. The molecule has 0 unspecified atom stereocenters. The fourth-order valence-corrected chi connectivity index (χ4v) is 1.79. The molecule has 0 radical (unpaired) electrons. The third kappa shape index (κ3) is 1.21. The summed E-state index contributed by atoms with van der Waals surface area (Å²) < 4.78 is 0. The van der Waals surface area contributed by atoms with Crippen LogP contribution in [-0.4, -0.2) is 5.97 Å². The van der Waals surface area contributed by atoms with Gasteiger partial charge in [-0.15, -0.1) is 0 Å². The van der Waals surface area contributed by atoms with Crippen LogP contribution in [0.15, 0.2) is 0 Å². The summed E-state index contributed by atoms with van der Waals surface area (Å²) in [5, 5.41) is 10.5. The maximum Gasteiger partial charge on any atom is 1.00 e. The van der Waals surface area contributed by atoms with E-state index in [9.17, 15) is 9.90 Å². The molecule has 68 valence electrons. The minimum atomic E-state index is -0.907. The Bertz CT molecular complexity index is 171. The number of aliphatic carboxylic acids is 1. The van der Waals surface area contributed by atoms with Crippen molar-refractivity contribution in [2.75, 3.05) is 0 Å². The van der Waals surface area contributed by atoms with E-state index >= 15 is 0 Å². The van der Waals surface area contributed by atoms with Crippen LogP contribution in [0.1, 0.15) is 27.7 Å². The second-order valence-corrected chi connectivity index (χ2v) is 4.20. The van der Waals surface area contributed by atoms with Crippen LogP contribution < -0.4 is 5.11 Å². The van der Waals surface area contributed by atoms with Crippen LogP contribution in [0.4, 0.5) is 0 Å². The third-order valence-corrected chi connectivity index (χ3v) is 3.26. The van der Waals surface area contributed by atoms with Crippen molar-refractivity contribution in [1.82, 2.24) is 0 Å². The molecule has 2 nitrogen and oxygen atoms in total. The quantitative estimate of drug-likeness (QED) is 0.581.